The highest BCUT2D eigenvalue weighted by atomic mass is 32.1. The number of carbonyl (C=O) groups excluding carboxylic acids is 6. The van der Waals surface area contributed by atoms with E-state index in [1.54, 1.807) is 41.5 Å². The van der Waals surface area contributed by atoms with Gasteiger partial charge in [-0.15, -0.1) is 11.3 Å². The minimum Gasteiger partial charge on any atom is -0.508 e. The number of likely N-dealkylation sites (N-methyl/N-ethyl adjacent to an activating group) is 1. The second-order valence-electron chi connectivity index (χ2n) is 17.5. The average molecular weight is 884 g/mol. The first-order valence-corrected chi connectivity index (χ1v) is 23.5. The number of nitrogens with zero attached hydrogens (tertiary/aromatic N) is 3. The van der Waals surface area contributed by atoms with Crippen LogP contribution in [0.4, 0.5) is 4.79 Å². The molecule has 7 atom stereocenters. The lowest BCUT2D eigenvalue weighted by Crippen LogP contribution is -2.50. The maximum absolute atomic E-state index is 14.8. The molecule has 0 saturated carbocycles. The summed E-state index contributed by atoms with van der Waals surface area (Å²) in [6.45, 7) is 16.3. The number of rotatable bonds is 26. The summed E-state index contributed by atoms with van der Waals surface area (Å²) in [7, 11) is 1.97. The van der Waals surface area contributed by atoms with Crippen molar-refractivity contribution in [3.8, 4) is 5.75 Å². The zero-order chi connectivity index (χ0) is 45.9. The minimum absolute atomic E-state index is 0.0469. The molecule has 62 heavy (non-hydrogen) atoms. The number of esters is 1. The topological polar surface area (TPSA) is 185 Å². The van der Waals surface area contributed by atoms with Gasteiger partial charge < -0.3 is 30.1 Å². The van der Waals surface area contributed by atoms with Gasteiger partial charge in [0.05, 0.1) is 24.2 Å². The van der Waals surface area contributed by atoms with Gasteiger partial charge in [0.2, 0.25) is 5.91 Å². The van der Waals surface area contributed by atoms with E-state index in [1.165, 1.54) is 11.3 Å². The lowest BCUT2D eigenvalue weighted by atomic mass is 9.82. The molecule has 1 saturated heterocycles. The summed E-state index contributed by atoms with van der Waals surface area (Å²) < 4.78 is 10.8. The summed E-state index contributed by atoms with van der Waals surface area (Å²) in [6, 6.07) is 5.59. The van der Waals surface area contributed by atoms with Gasteiger partial charge in [-0.05, 0) is 88.1 Å². The molecule has 3 amide bonds. The van der Waals surface area contributed by atoms with Crippen molar-refractivity contribution >= 4 is 46.8 Å². The molecule has 0 spiro atoms. The van der Waals surface area contributed by atoms with Crippen molar-refractivity contribution in [1.82, 2.24) is 25.4 Å². The molecule has 14 nitrogen and oxygen atoms in total. The number of likely N-dealkylation sites (tertiary alicyclic amines) is 1. The van der Waals surface area contributed by atoms with Gasteiger partial charge in [0.1, 0.15) is 11.4 Å². The fraction of sp³-hybridized carbons (Fsp3) is 0.681. The van der Waals surface area contributed by atoms with Gasteiger partial charge >= 0.3 is 12.1 Å². The molecule has 1 unspecified atom stereocenters. The number of alkyl carbamates (subject to hydrolysis) is 1. The number of aromatic nitrogens is 1. The summed E-state index contributed by atoms with van der Waals surface area (Å²) in [6.07, 6.45) is 5.62. The highest BCUT2D eigenvalue weighted by Gasteiger charge is 2.38. The van der Waals surface area contributed by atoms with Gasteiger partial charge in [-0.3, -0.25) is 28.9 Å². The summed E-state index contributed by atoms with van der Waals surface area (Å²) in [4.78, 5) is 88.6. The standard InChI is InChI=1S/C47H73N5O9S/c1-10-15-43(56)61-29-52(46(58)37(31(6)12-3)26-41(54)39-16-13-14-21-51(39)9)40(30(4)5)24-33(8)45-50-38(28-62-45)44(57)49-35(25-34-17-19-36(53)20-18-34)23-32(7)42(55)27-48-47(59)60-22-11-2/h17-20,28,30-33,35,37,39-40,53H,10-16,21-27,29H2,1-9H3,(H,48,59)(H,49,57)/t31?,32-,33+,35+,37-,39+,40+/m0/s1. The van der Waals surface area contributed by atoms with Crippen molar-refractivity contribution in [2.45, 2.75) is 150 Å². The molecule has 1 aliphatic heterocycles. The number of benzene rings is 1. The SMILES string of the molecule is CCCOC(=O)NCC(=O)[C@@H](C)C[C@H](Cc1ccc(O)cc1)NC(=O)c1csc([C@H](C)C[C@H](C(C)C)N(COC(=O)CCC)C(=O)[C@@H](CC(=O)[C@H]2CCCCN2C)C(C)CC)n1. The van der Waals surface area contributed by atoms with Crippen LogP contribution in [0.2, 0.25) is 0 Å². The van der Waals surface area contributed by atoms with Crippen LogP contribution in [0.5, 0.6) is 5.75 Å². The lowest BCUT2D eigenvalue weighted by Gasteiger charge is -2.39. The number of amides is 3. The Balaban J connectivity index is 1.83. The van der Waals surface area contributed by atoms with Crippen LogP contribution in [-0.4, -0.2) is 107 Å². The zero-order valence-corrected chi connectivity index (χ0v) is 39.4. The summed E-state index contributed by atoms with van der Waals surface area (Å²) >= 11 is 1.35. The van der Waals surface area contributed by atoms with Crippen LogP contribution in [0, 0.1) is 23.7 Å². The number of ether oxygens (including phenoxy) is 2. The molecule has 3 N–H and O–H groups in total. The third-order valence-electron chi connectivity index (χ3n) is 12.0. The van der Waals surface area contributed by atoms with Crippen LogP contribution < -0.4 is 10.6 Å². The molecular formula is C47H73N5O9S. The summed E-state index contributed by atoms with van der Waals surface area (Å²) in [5.74, 6) is -2.43. The molecule has 0 bridgehead atoms. The second-order valence-corrected chi connectivity index (χ2v) is 18.4. The normalized spacial score (nSPS) is 17.2. The largest absolute Gasteiger partial charge is 0.508 e. The van der Waals surface area contributed by atoms with E-state index in [1.807, 2.05) is 55.5 Å². The number of ketones is 2. The van der Waals surface area contributed by atoms with Gasteiger partial charge in [0.25, 0.3) is 5.91 Å². The van der Waals surface area contributed by atoms with Crippen LogP contribution in [-0.2, 0) is 35.1 Å². The Bertz CT molecular complexity index is 1750. The molecular weight excluding hydrogens is 811 g/mol. The van der Waals surface area contributed by atoms with Gasteiger partial charge in [-0.25, -0.2) is 9.78 Å². The zero-order valence-electron chi connectivity index (χ0n) is 38.6. The maximum Gasteiger partial charge on any atom is 0.407 e. The predicted octanol–water partition coefficient (Wildman–Crippen LogP) is 7.67. The van der Waals surface area contributed by atoms with E-state index < -0.39 is 29.9 Å². The highest BCUT2D eigenvalue weighted by Crippen LogP contribution is 2.33. The van der Waals surface area contributed by atoms with Crippen molar-refractivity contribution in [2.24, 2.45) is 23.7 Å². The number of aromatic hydroxyl groups is 1. The minimum atomic E-state index is -0.658. The Hall–Kier alpha value is -4.37. The van der Waals surface area contributed by atoms with Crippen molar-refractivity contribution in [2.75, 3.05) is 33.5 Å². The maximum atomic E-state index is 14.8. The molecule has 2 heterocycles. The molecule has 3 rings (SSSR count). The molecule has 346 valence electrons. The smallest absolute Gasteiger partial charge is 0.407 e. The van der Waals surface area contributed by atoms with Crippen LogP contribution in [0.15, 0.2) is 29.6 Å². The number of phenolic OH excluding ortho intramolecular Hbond substituents is 1. The van der Waals surface area contributed by atoms with Gasteiger partial charge in [-0.2, -0.15) is 0 Å². The third kappa shape index (κ3) is 16.4. The number of hydrogen-bond acceptors (Lipinski definition) is 12. The van der Waals surface area contributed by atoms with Gasteiger partial charge in [-0.1, -0.05) is 80.4 Å². The van der Waals surface area contributed by atoms with Crippen molar-refractivity contribution in [1.29, 1.82) is 0 Å². The Kier molecular flexibility index (Phi) is 22.0. The Morgan fingerprint density at radius 2 is 1.68 bits per heavy atom. The molecule has 1 aromatic heterocycles. The van der Waals surface area contributed by atoms with Gasteiger partial charge in [0.15, 0.2) is 18.3 Å². The van der Waals surface area contributed by atoms with Crippen LogP contribution in [0.1, 0.15) is 147 Å². The van der Waals surface area contributed by atoms with E-state index in [0.29, 0.717) is 37.1 Å². The fourth-order valence-corrected chi connectivity index (χ4v) is 8.82. The van der Waals surface area contributed by atoms with E-state index in [-0.39, 0.29) is 104 Å². The molecule has 2 aromatic rings. The first kappa shape index (κ1) is 52.0. The Labute approximate surface area is 373 Å². The summed E-state index contributed by atoms with van der Waals surface area (Å²) in [5.41, 5.74) is 1.07. The molecule has 1 aliphatic rings. The van der Waals surface area contributed by atoms with Crippen molar-refractivity contribution < 1.29 is 43.3 Å². The number of hydrogen-bond donors (Lipinski definition) is 3. The van der Waals surface area contributed by atoms with E-state index >= 15 is 0 Å². The van der Waals surface area contributed by atoms with Gasteiger partial charge in [0, 0.05) is 48.1 Å². The number of piperidine rings is 1. The highest BCUT2D eigenvalue weighted by molar-refractivity contribution is 7.09. The predicted molar refractivity (Wildman–Crippen MR) is 241 cm³/mol. The van der Waals surface area contributed by atoms with E-state index in [9.17, 15) is 33.9 Å². The molecule has 15 heteroatoms. The number of nitrogens with one attached hydrogen (secondary N) is 2. The van der Waals surface area contributed by atoms with Crippen LogP contribution in [0.3, 0.4) is 0 Å². The van der Waals surface area contributed by atoms with Crippen molar-refractivity contribution in [3.05, 3.63) is 45.9 Å². The Morgan fingerprint density at radius 1 is 0.968 bits per heavy atom. The van der Waals surface area contributed by atoms with E-state index in [4.69, 9.17) is 14.5 Å². The third-order valence-corrected chi connectivity index (χ3v) is 13.1. The van der Waals surface area contributed by atoms with Crippen LogP contribution in [0.25, 0.3) is 0 Å². The van der Waals surface area contributed by atoms with E-state index in [0.717, 1.165) is 31.4 Å². The monoisotopic (exact) mass is 884 g/mol. The lowest BCUT2D eigenvalue weighted by molar-refractivity contribution is -0.160. The average Bonchev–Trinajstić information content (AvgIpc) is 3.75. The summed E-state index contributed by atoms with van der Waals surface area (Å²) in [5, 5.41) is 17.8. The number of phenols is 1. The molecule has 1 fully saturated rings. The number of thiazole rings is 1. The van der Waals surface area contributed by atoms with Crippen molar-refractivity contribution in [3.63, 3.8) is 0 Å². The first-order valence-electron chi connectivity index (χ1n) is 22.7. The number of carbonyl (C=O) groups is 6. The molecule has 0 radical (unpaired) electrons. The van der Waals surface area contributed by atoms with Crippen LogP contribution >= 0.6 is 11.3 Å². The second kappa shape index (κ2) is 26.3. The molecule has 1 aromatic carbocycles. The molecule has 0 aliphatic carbocycles. The fourth-order valence-electron chi connectivity index (χ4n) is 7.95. The Morgan fingerprint density at radius 3 is 2.31 bits per heavy atom. The number of Topliss-reactive ketones (excluding diaryl/α,β-unsaturated/α-hetero) is 2. The first-order chi connectivity index (χ1) is 29.5. The van der Waals surface area contributed by atoms with E-state index in [2.05, 4.69) is 15.5 Å². The quantitative estimate of drug-likeness (QED) is 0.0622.